The van der Waals surface area contributed by atoms with E-state index in [1.54, 1.807) is 0 Å². The summed E-state index contributed by atoms with van der Waals surface area (Å²) in [7, 11) is 0. The van der Waals surface area contributed by atoms with Crippen molar-refractivity contribution in [1.82, 2.24) is 0 Å². The van der Waals surface area contributed by atoms with Gasteiger partial charge in [0.25, 0.3) is 0 Å². The van der Waals surface area contributed by atoms with Crippen LogP contribution in [0.1, 0.15) is 0 Å². The molecule has 0 unspecified atom stereocenters. The Morgan fingerprint density at radius 2 is 1.40 bits per heavy atom. The zero-order valence-corrected chi connectivity index (χ0v) is 5.57. The van der Waals surface area contributed by atoms with Crippen LogP contribution in [0.25, 0.3) is 5.52 Å². The fraction of sp³-hybridized carbons (Fsp3) is 0. The first kappa shape index (κ1) is 5.42. The Hall–Kier alpha value is -1.37. The topological polar surface area (TPSA) is 4.10 Å². The number of pyridine rings is 2. The van der Waals surface area contributed by atoms with Crippen LogP contribution in [-0.4, -0.2) is 0 Å². The van der Waals surface area contributed by atoms with Crippen molar-refractivity contribution in [3.8, 4) is 0 Å². The van der Waals surface area contributed by atoms with Crippen molar-refractivity contribution in [2.45, 2.75) is 0 Å². The molecule has 2 aromatic heterocycles. The van der Waals surface area contributed by atoms with E-state index in [9.17, 15) is 0 Å². The second kappa shape index (κ2) is 2.10. The Morgan fingerprint density at radius 3 is 1.90 bits per heavy atom. The average molecular weight is 130 g/mol. The van der Waals surface area contributed by atoms with Gasteiger partial charge in [-0.15, -0.1) is 0 Å². The minimum absolute atomic E-state index is 1.23. The first-order chi connectivity index (χ1) is 4.97. The van der Waals surface area contributed by atoms with Gasteiger partial charge in [-0.25, -0.2) is 0 Å². The lowest BCUT2D eigenvalue weighted by molar-refractivity contribution is -0.511. The number of hydrogen-bond donors (Lipinski definition) is 0. The number of hydrogen-bond acceptors (Lipinski definition) is 0. The number of aromatic nitrogens is 1. The molecule has 2 aromatic rings. The van der Waals surface area contributed by atoms with E-state index in [0.717, 1.165) is 0 Å². The number of rotatable bonds is 0. The van der Waals surface area contributed by atoms with Gasteiger partial charge in [-0.05, 0) is 12.1 Å². The van der Waals surface area contributed by atoms with Crippen LogP contribution in [0.5, 0.6) is 0 Å². The number of nitrogens with zero attached hydrogens (tertiary/aromatic N) is 1. The van der Waals surface area contributed by atoms with Crippen molar-refractivity contribution < 1.29 is 4.40 Å². The van der Waals surface area contributed by atoms with E-state index in [1.807, 2.05) is 36.7 Å². The second-order valence-electron chi connectivity index (χ2n) is 2.23. The second-order valence-corrected chi connectivity index (χ2v) is 2.23. The van der Waals surface area contributed by atoms with E-state index in [2.05, 4.69) is 16.5 Å². The Kier molecular flexibility index (Phi) is 1.14. The van der Waals surface area contributed by atoms with E-state index in [0.29, 0.717) is 0 Å². The molecule has 1 nitrogen and oxygen atoms in total. The fourth-order valence-electron chi connectivity index (χ4n) is 1.04. The molecule has 0 N–H and O–H groups in total. The summed E-state index contributed by atoms with van der Waals surface area (Å²) in [4.78, 5) is 0. The average Bonchev–Trinajstić information content (AvgIpc) is 2.05. The molecule has 0 aliphatic heterocycles. The zero-order valence-electron chi connectivity index (χ0n) is 5.57. The van der Waals surface area contributed by atoms with Gasteiger partial charge in [0.05, 0.1) is 0 Å². The molecule has 0 aliphatic carbocycles. The third kappa shape index (κ3) is 0.760. The summed E-state index contributed by atoms with van der Waals surface area (Å²) in [6.45, 7) is 0. The van der Waals surface area contributed by atoms with Crippen LogP contribution in [0.15, 0.2) is 48.8 Å². The van der Waals surface area contributed by atoms with Crippen LogP contribution in [0, 0.1) is 0 Å². The maximum Gasteiger partial charge on any atom is 0.210 e. The highest BCUT2D eigenvalue weighted by Gasteiger charge is 1.93. The fourth-order valence-corrected chi connectivity index (χ4v) is 1.04. The molecule has 0 amide bonds. The van der Waals surface area contributed by atoms with E-state index in [-0.39, 0.29) is 0 Å². The smallest absolute Gasteiger partial charge is 0.167 e. The molecule has 48 valence electrons. The van der Waals surface area contributed by atoms with Crippen LogP contribution in [0.3, 0.4) is 0 Å². The minimum atomic E-state index is 1.23. The van der Waals surface area contributed by atoms with Gasteiger partial charge >= 0.3 is 0 Å². The maximum atomic E-state index is 2.08. The normalized spacial score (nSPS) is 10.0. The van der Waals surface area contributed by atoms with E-state index < -0.39 is 0 Å². The lowest BCUT2D eigenvalue weighted by atomic mass is 10.3. The predicted octanol–water partition coefficient (Wildman–Crippen LogP) is 1.43. The van der Waals surface area contributed by atoms with Gasteiger partial charge in [-0.3, -0.25) is 0 Å². The first-order valence-corrected chi connectivity index (χ1v) is 3.32. The van der Waals surface area contributed by atoms with Crippen molar-refractivity contribution in [3.63, 3.8) is 0 Å². The molecule has 0 bridgehead atoms. The van der Waals surface area contributed by atoms with E-state index >= 15 is 0 Å². The molecule has 0 saturated heterocycles. The van der Waals surface area contributed by atoms with Crippen molar-refractivity contribution in [2.24, 2.45) is 0 Å². The Morgan fingerprint density at radius 1 is 0.800 bits per heavy atom. The number of fused-ring (bicyclic) bond motifs is 1. The minimum Gasteiger partial charge on any atom is -0.167 e. The molecule has 0 radical (unpaired) electrons. The third-order valence-corrected chi connectivity index (χ3v) is 1.55. The van der Waals surface area contributed by atoms with Gasteiger partial charge in [-0.2, -0.15) is 4.40 Å². The summed E-state index contributed by atoms with van der Waals surface area (Å²) < 4.78 is 2.08. The maximum absolute atomic E-state index is 2.08. The molecule has 0 aromatic carbocycles. The standard InChI is InChI=1S/C9H8N/c1-3-7-10-8-4-2-6-9(10)5-1/h1-8H/q+1. The van der Waals surface area contributed by atoms with Gasteiger partial charge in [0, 0.05) is 24.3 Å². The highest BCUT2D eigenvalue weighted by molar-refractivity contribution is 5.36. The summed E-state index contributed by atoms with van der Waals surface area (Å²) in [6.07, 6.45) is 4.07. The van der Waals surface area contributed by atoms with Crippen LogP contribution in [0.2, 0.25) is 0 Å². The summed E-state index contributed by atoms with van der Waals surface area (Å²) in [5.74, 6) is 0. The molecule has 0 aliphatic rings. The molecule has 1 heteroatoms. The largest absolute Gasteiger partial charge is 0.210 e. The van der Waals surface area contributed by atoms with Gasteiger partial charge in [0.15, 0.2) is 12.4 Å². The third-order valence-electron chi connectivity index (χ3n) is 1.55. The molecule has 0 fully saturated rings. The van der Waals surface area contributed by atoms with Crippen molar-refractivity contribution >= 4 is 5.52 Å². The highest BCUT2D eigenvalue weighted by Crippen LogP contribution is 1.92. The molecule has 2 heterocycles. The summed E-state index contributed by atoms with van der Waals surface area (Å²) in [5.41, 5.74) is 1.23. The highest BCUT2D eigenvalue weighted by atomic mass is 14.8. The summed E-state index contributed by atoms with van der Waals surface area (Å²) in [5, 5.41) is 0. The van der Waals surface area contributed by atoms with Crippen LogP contribution >= 0.6 is 0 Å². The van der Waals surface area contributed by atoms with E-state index in [4.69, 9.17) is 0 Å². The van der Waals surface area contributed by atoms with Crippen LogP contribution in [-0.2, 0) is 0 Å². The quantitative estimate of drug-likeness (QED) is 0.475. The first-order valence-electron chi connectivity index (χ1n) is 3.32. The predicted molar refractivity (Wildman–Crippen MR) is 39.6 cm³/mol. The Balaban J connectivity index is 2.89. The van der Waals surface area contributed by atoms with Crippen molar-refractivity contribution in [1.29, 1.82) is 0 Å². The van der Waals surface area contributed by atoms with Gasteiger partial charge < -0.3 is 0 Å². The summed E-state index contributed by atoms with van der Waals surface area (Å²) in [6, 6.07) is 12.3. The lowest BCUT2D eigenvalue weighted by Crippen LogP contribution is -2.18. The van der Waals surface area contributed by atoms with Crippen LogP contribution in [0.4, 0.5) is 0 Å². The van der Waals surface area contributed by atoms with Crippen LogP contribution < -0.4 is 4.40 Å². The van der Waals surface area contributed by atoms with Gasteiger partial charge in [0.1, 0.15) is 0 Å². The monoisotopic (exact) mass is 130 g/mol. The van der Waals surface area contributed by atoms with Crippen molar-refractivity contribution in [2.75, 3.05) is 0 Å². The molecule has 0 atom stereocenters. The Bertz CT molecular complexity index is 276. The van der Waals surface area contributed by atoms with Gasteiger partial charge in [0.2, 0.25) is 5.52 Å². The molecule has 0 saturated carbocycles. The Labute approximate surface area is 59.6 Å². The SMILES string of the molecule is c1cc[n+]2ccccc2c1. The molecular weight excluding hydrogens is 122 g/mol. The molecule has 0 spiro atoms. The van der Waals surface area contributed by atoms with E-state index in [1.165, 1.54) is 5.52 Å². The van der Waals surface area contributed by atoms with Crippen molar-refractivity contribution in [3.05, 3.63) is 48.8 Å². The summed E-state index contributed by atoms with van der Waals surface area (Å²) >= 11 is 0. The molecule has 10 heavy (non-hydrogen) atoms. The van der Waals surface area contributed by atoms with Gasteiger partial charge in [-0.1, -0.05) is 0 Å². The zero-order chi connectivity index (χ0) is 6.81. The lowest BCUT2D eigenvalue weighted by Gasteiger charge is -1.85. The molecule has 2 rings (SSSR count). The molecular formula is C9H8N+.